The standard InChI is InChI=1S/C19H19Cl2N3O3.ClH/c1-10(25)24(13-4-2-3-11(5-13)9-22)17-8-16(19(26)27)23-15-7-12(20)6-14(21)18(15)17;/h2-7,16-17,23H,8-9,22H2,1H3,(H,26,27);1H/t16-,17+;/m0./s1. The van der Waals surface area contributed by atoms with E-state index in [2.05, 4.69) is 5.32 Å². The van der Waals surface area contributed by atoms with Crippen LogP contribution in [0.4, 0.5) is 11.4 Å². The van der Waals surface area contributed by atoms with Crippen molar-refractivity contribution in [1.82, 2.24) is 0 Å². The maximum absolute atomic E-state index is 12.6. The molecule has 0 radical (unpaired) electrons. The number of hydrogen-bond donors (Lipinski definition) is 3. The van der Waals surface area contributed by atoms with Crippen LogP contribution in [-0.4, -0.2) is 23.0 Å². The van der Waals surface area contributed by atoms with Gasteiger partial charge in [-0.3, -0.25) is 4.79 Å². The van der Waals surface area contributed by atoms with E-state index in [1.807, 2.05) is 18.2 Å². The Bertz CT molecular complexity index is 907. The van der Waals surface area contributed by atoms with Gasteiger partial charge in [0.15, 0.2) is 0 Å². The number of hydrogen-bond acceptors (Lipinski definition) is 4. The third kappa shape index (κ3) is 4.36. The van der Waals surface area contributed by atoms with Crippen molar-refractivity contribution in [3.63, 3.8) is 0 Å². The van der Waals surface area contributed by atoms with Gasteiger partial charge < -0.3 is 21.1 Å². The summed E-state index contributed by atoms with van der Waals surface area (Å²) in [4.78, 5) is 25.8. The zero-order valence-electron chi connectivity index (χ0n) is 15.0. The van der Waals surface area contributed by atoms with E-state index >= 15 is 0 Å². The molecule has 28 heavy (non-hydrogen) atoms. The average molecular weight is 445 g/mol. The van der Waals surface area contributed by atoms with Crippen LogP contribution in [0.2, 0.25) is 10.0 Å². The van der Waals surface area contributed by atoms with E-state index in [-0.39, 0.29) is 24.7 Å². The zero-order chi connectivity index (χ0) is 19.7. The molecule has 3 rings (SSSR count). The minimum Gasteiger partial charge on any atom is -0.480 e. The number of nitrogens with zero attached hydrogens (tertiary/aromatic N) is 1. The molecule has 6 nitrogen and oxygen atoms in total. The summed E-state index contributed by atoms with van der Waals surface area (Å²) in [6.07, 6.45) is 0.163. The van der Waals surface area contributed by atoms with Gasteiger partial charge >= 0.3 is 5.97 Å². The van der Waals surface area contributed by atoms with Crippen molar-refractivity contribution in [2.24, 2.45) is 5.73 Å². The molecule has 0 saturated carbocycles. The molecule has 0 bridgehead atoms. The van der Waals surface area contributed by atoms with Crippen molar-refractivity contribution in [2.75, 3.05) is 10.2 Å². The van der Waals surface area contributed by atoms with Gasteiger partial charge in [-0.25, -0.2) is 4.79 Å². The molecule has 1 aliphatic heterocycles. The highest BCUT2D eigenvalue weighted by atomic mass is 35.5. The molecule has 1 aliphatic rings. The van der Waals surface area contributed by atoms with Crippen LogP contribution in [-0.2, 0) is 16.1 Å². The molecule has 0 saturated heterocycles. The highest BCUT2D eigenvalue weighted by Crippen LogP contribution is 2.44. The number of benzene rings is 2. The van der Waals surface area contributed by atoms with Gasteiger partial charge in [-0.1, -0.05) is 35.3 Å². The van der Waals surface area contributed by atoms with E-state index < -0.39 is 18.1 Å². The summed E-state index contributed by atoms with van der Waals surface area (Å²) in [7, 11) is 0. The topological polar surface area (TPSA) is 95.7 Å². The maximum atomic E-state index is 12.6. The lowest BCUT2D eigenvalue weighted by Gasteiger charge is -2.39. The van der Waals surface area contributed by atoms with E-state index in [1.165, 1.54) is 6.92 Å². The van der Waals surface area contributed by atoms with E-state index in [1.54, 1.807) is 23.1 Å². The second kappa shape index (κ2) is 9.01. The molecule has 0 fully saturated rings. The molecule has 9 heteroatoms. The SMILES string of the molecule is CC(=O)N(c1cccc(CN)c1)[C@@H]1C[C@@H](C(=O)O)Nc2cc(Cl)cc(Cl)c21.Cl. The zero-order valence-corrected chi connectivity index (χ0v) is 17.3. The molecular weight excluding hydrogens is 425 g/mol. The molecule has 0 spiro atoms. The first kappa shape index (κ1) is 22.3. The van der Waals surface area contributed by atoms with Crippen molar-refractivity contribution in [3.8, 4) is 0 Å². The quantitative estimate of drug-likeness (QED) is 0.655. The summed E-state index contributed by atoms with van der Waals surface area (Å²) in [5, 5.41) is 13.3. The van der Waals surface area contributed by atoms with Gasteiger partial charge in [0, 0.05) is 46.9 Å². The number of fused-ring (bicyclic) bond motifs is 1. The molecule has 2 atom stereocenters. The Kier molecular flexibility index (Phi) is 7.17. The number of amides is 1. The van der Waals surface area contributed by atoms with E-state index in [9.17, 15) is 14.7 Å². The average Bonchev–Trinajstić information content (AvgIpc) is 2.60. The molecule has 4 N–H and O–H groups in total. The lowest BCUT2D eigenvalue weighted by molar-refractivity contribution is -0.138. The first-order valence-electron chi connectivity index (χ1n) is 8.39. The highest BCUT2D eigenvalue weighted by molar-refractivity contribution is 6.35. The number of carboxylic acids is 1. The van der Waals surface area contributed by atoms with E-state index in [4.69, 9.17) is 28.9 Å². The summed E-state index contributed by atoms with van der Waals surface area (Å²) in [6.45, 7) is 1.77. The Morgan fingerprint density at radius 1 is 1.29 bits per heavy atom. The highest BCUT2D eigenvalue weighted by Gasteiger charge is 2.37. The predicted octanol–water partition coefficient (Wildman–Crippen LogP) is 4.24. The van der Waals surface area contributed by atoms with Crippen molar-refractivity contribution >= 4 is 58.9 Å². The Hall–Kier alpha value is -1.99. The number of carbonyl (C=O) groups is 2. The van der Waals surface area contributed by atoms with Crippen LogP contribution in [0.15, 0.2) is 36.4 Å². The van der Waals surface area contributed by atoms with E-state index in [0.717, 1.165) is 5.56 Å². The minimum absolute atomic E-state index is 0. The summed E-state index contributed by atoms with van der Waals surface area (Å²) < 4.78 is 0. The fraction of sp³-hybridized carbons (Fsp3) is 0.263. The fourth-order valence-corrected chi connectivity index (χ4v) is 4.06. The monoisotopic (exact) mass is 443 g/mol. The van der Waals surface area contributed by atoms with Crippen LogP contribution < -0.4 is 16.0 Å². The number of carbonyl (C=O) groups excluding carboxylic acids is 1. The molecule has 2 aromatic carbocycles. The van der Waals surface area contributed by atoms with Crippen LogP contribution in [0.1, 0.15) is 30.5 Å². The van der Waals surface area contributed by atoms with Gasteiger partial charge in [-0.15, -0.1) is 12.4 Å². The number of halogens is 3. The normalized spacial score (nSPS) is 17.7. The maximum Gasteiger partial charge on any atom is 0.326 e. The van der Waals surface area contributed by atoms with Gasteiger partial charge in [-0.2, -0.15) is 0 Å². The number of anilines is 2. The number of nitrogens with one attached hydrogen (secondary N) is 1. The van der Waals surface area contributed by atoms with Gasteiger partial charge in [0.1, 0.15) is 6.04 Å². The van der Waals surface area contributed by atoms with Crippen molar-refractivity contribution in [3.05, 3.63) is 57.6 Å². The fourth-order valence-electron chi connectivity index (χ4n) is 3.44. The van der Waals surface area contributed by atoms with Crippen LogP contribution in [0, 0.1) is 0 Å². The first-order valence-corrected chi connectivity index (χ1v) is 9.14. The second-order valence-corrected chi connectivity index (χ2v) is 7.24. The van der Waals surface area contributed by atoms with Crippen LogP contribution >= 0.6 is 35.6 Å². The van der Waals surface area contributed by atoms with Gasteiger partial charge in [0.05, 0.1) is 6.04 Å². The molecule has 1 heterocycles. The number of nitrogens with two attached hydrogens (primary N) is 1. The molecule has 1 amide bonds. The summed E-state index contributed by atoms with van der Waals surface area (Å²) >= 11 is 12.5. The summed E-state index contributed by atoms with van der Waals surface area (Å²) in [5.41, 5.74) is 8.39. The van der Waals surface area contributed by atoms with Gasteiger partial charge in [-0.05, 0) is 29.8 Å². The number of rotatable bonds is 4. The van der Waals surface area contributed by atoms with Crippen molar-refractivity contribution in [2.45, 2.75) is 32.0 Å². The van der Waals surface area contributed by atoms with Crippen LogP contribution in [0.25, 0.3) is 0 Å². The molecule has 150 valence electrons. The number of carboxylic acid groups (broad SMARTS) is 1. The Morgan fingerprint density at radius 2 is 2.00 bits per heavy atom. The molecule has 0 unspecified atom stereocenters. The van der Waals surface area contributed by atoms with Gasteiger partial charge in [0.2, 0.25) is 5.91 Å². The number of aliphatic carboxylic acids is 1. The third-order valence-electron chi connectivity index (χ3n) is 4.59. The smallest absolute Gasteiger partial charge is 0.326 e. The van der Waals surface area contributed by atoms with Crippen molar-refractivity contribution < 1.29 is 14.7 Å². The van der Waals surface area contributed by atoms with E-state index in [0.29, 0.717) is 33.5 Å². The Balaban J connectivity index is 0.00000280. The molecule has 0 aromatic heterocycles. The lowest BCUT2D eigenvalue weighted by Crippen LogP contribution is -2.43. The molecular formula is C19H20Cl3N3O3. The largest absolute Gasteiger partial charge is 0.480 e. The molecule has 0 aliphatic carbocycles. The van der Waals surface area contributed by atoms with Gasteiger partial charge in [0.25, 0.3) is 0 Å². The second-order valence-electron chi connectivity index (χ2n) is 6.40. The Labute approximate surface area is 179 Å². The van der Waals surface area contributed by atoms with Crippen LogP contribution in [0.3, 0.4) is 0 Å². The third-order valence-corrected chi connectivity index (χ3v) is 5.12. The first-order chi connectivity index (χ1) is 12.8. The summed E-state index contributed by atoms with van der Waals surface area (Å²) in [6, 6.07) is 9.07. The van der Waals surface area contributed by atoms with Crippen molar-refractivity contribution in [1.29, 1.82) is 0 Å². The summed E-state index contributed by atoms with van der Waals surface area (Å²) in [5.74, 6) is -1.24. The molecule has 2 aromatic rings. The minimum atomic E-state index is -1.01. The predicted molar refractivity (Wildman–Crippen MR) is 114 cm³/mol. The lowest BCUT2D eigenvalue weighted by atomic mass is 9.90. The van der Waals surface area contributed by atoms with Crippen LogP contribution in [0.5, 0.6) is 0 Å². The Morgan fingerprint density at radius 3 is 2.61 bits per heavy atom.